The molecule has 0 bridgehead atoms. The van der Waals surface area contributed by atoms with Crippen LogP contribution in [0.4, 0.5) is 5.69 Å². The van der Waals surface area contributed by atoms with Crippen LogP contribution in [-0.2, 0) is 0 Å². The zero-order valence-electron chi connectivity index (χ0n) is 14.8. The van der Waals surface area contributed by atoms with Crippen molar-refractivity contribution in [1.29, 1.82) is 0 Å². The molecule has 4 heteroatoms. The van der Waals surface area contributed by atoms with Crippen LogP contribution in [0.25, 0.3) is 0 Å². The van der Waals surface area contributed by atoms with Crippen LogP contribution in [-0.4, -0.2) is 14.4 Å². The first-order valence-corrected chi connectivity index (χ1v) is 10.6. The quantitative estimate of drug-likeness (QED) is 0.557. The summed E-state index contributed by atoms with van der Waals surface area (Å²) in [5, 5.41) is 0. The molecular formula is C18H30NO2Si. The number of rotatable bonds is 7. The third-order valence-corrected chi connectivity index (χ3v) is 10.7. The van der Waals surface area contributed by atoms with Gasteiger partial charge in [-0.3, -0.25) is 0 Å². The minimum Gasteiger partial charge on any atom is -0.540 e. The normalized spacial score (nSPS) is 15.7. The second-order valence-corrected chi connectivity index (χ2v) is 12.7. The van der Waals surface area contributed by atoms with E-state index in [1.165, 1.54) is 0 Å². The summed E-state index contributed by atoms with van der Waals surface area (Å²) < 4.78 is 12.7. The van der Waals surface area contributed by atoms with Gasteiger partial charge in [0.2, 0.25) is 0 Å². The molecule has 1 radical (unpaired) electrons. The Morgan fingerprint density at radius 1 is 1.05 bits per heavy atom. The molecule has 3 nitrogen and oxygen atoms in total. The Balaban J connectivity index is 2.38. The lowest BCUT2D eigenvalue weighted by molar-refractivity contribution is 0.291. The number of nitrogen functional groups attached to an aromatic ring is 1. The molecule has 1 fully saturated rings. The van der Waals surface area contributed by atoms with Crippen molar-refractivity contribution < 1.29 is 9.16 Å². The molecule has 0 aromatic heterocycles. The predicted molar refractivity (Wildman–Crippen MR) is 95.0 cm³/mol. The van der Waals surface area contributed by atoms with Crippen LogP contribution < -0.4 is 14.9 Å². The first kappa shape index (κ1) is 17.2. The second-order valence-electron chi connectivity index (χ2n) is 7.35. The third-order valence-electron chi connectivity index (χ3n) is 4.71. The lowest BCUT2D eigenvalue weighted by Crippen LogP contribution is -2.50. The zero-order chi connectivity index (χ0) is 16.5. The maximum Gasteiger partial charge on any atom is 0.258 e. The Labute approximate surface area is 136 Å². The summed E-state index contributed by atoms with van der Waals surface area (Å²) in [7, 11) is -2.00. The second kappa shape index (κ2) is 6.53. The van der Waals surface area contributed by atoms with E-state index in [1.54, 1.807) is 0 Å². The number of anilines is 1. The van der Waals surface area contributed by atoms with E-state index in [2.05, 4.69) is 47.6 Å². The van der Waals surface area contributed by atoms with Crippen molar-refractivity contribution in [3.05, 3.63) is 18.2 Å². The average molecular weight is 321 g/mol. The number of hydrogen-bond acceptors (Lipinski definition) is 3. The van der Waals surface area contributed by atoms with E-state index in [0.29, 0.717) is 28.4 Å². The number of hydrogen-bond donors (Lipinski definition) is 1. The van der Waals surface area contributed by atoms with Crippen molar-refractivity contribution in [2.75, 3.05) is 5.73 Å². The van der Waals surface area contributed by atoms with Gasteiger partial charge < -0.3 is 14.9 Å². The fraction of sp³-hybridized carbons (Fsp3) is 0.667. The maximum absolute atomic E-state index is 6.74. The lowest BCUT2D eigenvalue weighted by Gasteiger charge is -2.42. The van der Waals surface area contributed by atoms with Crippen LogP contribution in [0.1, 0.15) is 54.4 Å². The van der Waals surface area contributed by atoms with Gasteiger partial charge >= 0.3 is 0 Å². The van der Waals surface area contributed by atoms with E-state index in [1.807, 2.05) is 12.1 Å². The Morgan fingerprint density at radius 2 is 1.59 bits per heavy atom. The Morgan fingerprint density at radius 3 is 2.05 bits per heavy atom. The molecule has 2 rings (SSSR count). The largest absolute Gasteiger partial charge is 0.540 e. The Bertz CT molecular complexity index is 488. The monoisotopic (exact) mass is 320 g/mol. The summed E-state index contributed by atoms with van der Waals surface area (Å²) in [6, 6.07) is 6.75. The van der Waals surface area contributed by atoms with Gasteiger partial charge in [-0.05, 0) is 35.5 Å². The molecule has 1 aromatic rings. The fourth-order valence-corrected chi connectivity index (χ4v) is 8.80. The highest BCUT2D eigenvalue weighted by molar-refractivity contribution is 6.78. The van der Waals surface area contributed by atoms with Gasteiger partial charge in [-0.15, -0.1) is 0 Å². The summed E-state index contributed by atoms with van der Waals surface area (Å²) in [5.41, 5.74) is 8.11. The Kier molecular flexibility index (Phi) is 5.10. The van der Waals surface area contributed by atoms with E-state index in [9.17, 15) is 0 Å². The van der Waals surface area contributed by atoms with E-state index >= 15 is 0 Å². The van der Waals surface area contributed by atoms with Gasteiger partial charge in [-0.2, -0.15) is 0 Å². The highest BCUT2D eigenvalue weighted by Gasteiger charge is 2.47. The van der Waals surface area contributed by atoms with Gasteiger partial charge in [0.15, 0.2) is 5.75 Å². The van der Waals surface area contributed by atoms with Gasteiger partial charge in [-0.1, -0.05) is 41.5 Å². The third kappa shape index (κ3) is 3.42. The number of nitrogens with two attached hydrogens (primary N) is 1. The molecule has 0 amide bonds. The molecule has 0 atom stereocenters. The molecule has 1 aromatic carbocycles. The molecule has 0 spiro atoms. The molecule has 1 saturated carbocycles. The van der Waals surface area contributed by atoms with Crippen molar-refractivity contribution in [3.8, 4) is 11.5 Å². The highest BCUT2D eigenvalue weighted by atomic mass is 28.4. The van der Waals surface area contributed by atoms with Crippen molar-refractivity contribution in [2.45, 2.75) is 77.1 Å². The first-order valence-electron chi connectivity index (χ1n) is 8.44. The molecule has 1 aliphatic rings. The van der Waals surface area contributed by atoms with Gasteiger partial charge in [0.05, 0.1) is 6.10 Å². The molecule has 0 aliphatic heterocycles. The van der Waals surface area contributed by atoms with Crippen LogP contribution in [0.2, 0.25) is 16.6 Å². The van der Waals surface area contributed by atoms with E-state index in [0.717, 1.165) is 24.3 Å². The maximum atomic E-state index is 6.74. The van der Waals surface area contributed by atoms with Gasteiger partial charge in [0.25, 0.3) is 8.32 Å². The molecule has 22 heavy (non-hydrogen) atoms. The summed E-state index contributed by atoms with van der Waals surface area (Å²) in [4.78, 5) is 0. The lowest BCUT2D eigenvalue weighted by atomic mass is 10.3. The minimum absolute atomic E-state index is 0.340. The number of ether oxygens (including phenoxy) is 1. The predicted octanol–water partition coefficient (Wildman–Crippen LogP) is 5.16. The minimum atomic E-state index is -2.00. The standard InChI is InChI=1S/C18H30NO2Si/c1-12(2)22(13(3)4,14(5)6)21-18-11-15(19)7-10-17(18)20-16-8-9-16/h10-14,16H,8-9,19H2,1-6H3. The SMILES string of the molecule is CC(C)[Si](Oc1cc(N)[c]cc1OC1CC1)(C(C)C)C(C)C. The summed E-state index contributed by atoms with van der Waals surface area (Å²) in [5.74, 6) is 1.61. The van der Waals surface area contributed by atoms with Gasteiger partial charge in [0, 0.05) is 17.8 Å². The summed E-state index contributed by atoms with van der Waals surface area (Å²) in [6.45, 7) is 13.7. The molecule has 2 N–H and O–H groups in total. The van der Waals surface area contributed by atoms with Crippen molar-refractivity contribution in [3.63, 3.8) is 0 Å². The first-order chi connectivity index (χ1) is 10.3. The van der Waals surface area contributed by atoms with E-state index < -0.39 is 8.32 Å². The van der Waals surface area contributed by atoms with Crippen molar-refractivity contribution in [1.82, 2.24) is 0 Å². The summed E-state index contributed by atoms with van der Waals surface area (Å²) in [6.07, 6.45) is 2.60. The number of benzene rings is 1. The van der Waals surface area contributed by atoms with E-state index in [4.69, 9.17) is 14.9 Å². The van der Waals surface area contributed by atoms with Gasteiger partial charge in [0.1, 0.15) is 5.75 Å². The summed E-state index contributed by atoms with van der Waals surface area (Å²) >= 11 is 0. The van der Waals surface area contributed by atoms with Crippen molar-refractivity contribution >= 4 is 14.0 Å². The molecular weight excluding hydrogens is 290 g/mol. The fourth-order valence-electron chi connectivity index (χ4n) is 3.56. The van der Waals surface area contributed by atoms with E-state index in [-0.39, 0.29) is 0 Å². The molecule has 123 valence electrons. The topological polar surface area (TPSA) is 44.5 Å². The molecule has 0 heterocycles. The van der Waals surface area contributed by atoms with Crippen LogP contribution in [0.5, 0.6) is 11.5 Å². The molecule has 1 aliphatic carbocycles. The van der Waals surface area contributed by atoms with Crippen LogP contribution in [0.15, 0.2) is 12.1 Å². The Hall–Kier alpha value is -1.16. The highest BCUT2D eigenvalue weighted by Crippen LogP contribution is 2.45. The molecule has 0 unspecified atom stereocenters. The van der Waals surface area contributed by atoms with Crippen LogP contribution in [0, 0.1) is 6.07 Å². The van der Waals surface area contributed by atoms with Gasteiger partial charge in [-0.25, -0.2) is 0 Å². The van der Waals surface area contributed by atoms with Crippen LogP contribution in [0.3, 0.4) is 0 Å². The van der Waals surface area contributed by atoms with Crippen molar-refractivity contribution in [2.24, 2.45) is 0 Å². The smallest absolute Gasteiger partial charge is 0.258 e. The zero-order valence-corrected chi connectivity index (χ0v) is 15.8. The average Bonchev–Trinajstić information content (AvgIpc) is 3.21. The molecule has 0 saturated heterocycles. The van der Waals surface area contributed by atoms with Crippen LogP contribution >= 0.6 is 0 Å².